The molecule has 0 amide bonds. The molecular weight excluding hydrogens is 361 g/mol. The quantitative estimate of drug-likeness (QED) is 0.490. The van der Waals surface area contributed by atoms with Crippen LogP contribution in [-0.2, 0) is 15.7 Å². The molecule has 0 radical (unpaired) electrons. The Hall–Kier alpha value is -2.77. The number of ether oxygens (including phenoxy) is 3. The zero-order chi connectivity index (χ0) is 19.4. The van der Waals surface area contributed by atoms with Gasteiger partial charge in [0.1, 0.15) is 17.3 Å². The van der Waals surface area contributed by atoms with E-state index in [9.17, 15) is 13.2 Å². The zero-order valence-corrected chi connectivity index (χ0v) is 14.6. The summed E-state index contributed by atoms with van der Waals surface area (Å²) < 4.78 is 60.5. The molecule has 0 saturated heterocycles. The molecule has 7 heteroatoms. The van der Waals surface area contributed by atoms with Gasteiger partial charge in [0.2, 0.25) is 0 Å². The molecule has 0 fully saturated rings. The van der Waals surface area contributed by atoms with Crippen LogP contribution in [0.5, 0.6) is 11.5 Å². The minimum Gasteiger partial charge on any atom is -0.464 e. The van der Waals surface area contributed by atoms with Crippen molar-refractivity contribution in [1.29, 1.82) is 0 Å². The molecule has 0 N–H and O–H groups in total. The van der Waals surface area contributed by atoms with E-state index in [0.29, 0.717) is 17.1 Å². The molecule has 3 rings (SSSR count). The average molecular weight is 378 g/mol. The van der Waals surface area contributed by atoms with Crippen molar-refractivity contribution in [3.05, 3.63) is 72.0 Å². The highest BCUT2D eigenvalue weighted by atomic mass is 19.4. The molecule has 1 heterocycles. The van der Waals surface area contributed by atoms with E-state index in [1.165, 1.54) is 26.4 Å². The predicted molar refractivity (Wildman–Crippen MR) is 92.4 cm³/mol. The van der Waals surface area contributed by atoms with Crippen molar-refractivity contribution in [2.24, 2.45) is 0 Å². The maximum Gasteiger partial charge on any atom is 0.416 e. The normalized spacial score (nSPS) is 11.8. The fourth-order valence-electron chi connectivity index (χ4n) is 2.63. The lowest BCUT2D eigenvalue weighted by atomic mass is 10.1. The molecule has 2 aromatic carbocycles. The second kappa shape index (κ2) is 7.85. The number of hydrogen-bond acceptors (Lipinski definition) is 4. The van der Waals surface area contributed by atoms with E-state index < -0.39 is 18.0 Å². The van der Waals surface area contributed by atoms with Gasteiger partial charge in [-0.3, -0.25) is 0 Å². The van der Waals surface area contributed by atoms with Crippen molar-refractivity contribution in [2.45, 2.75) is 12.5 Å². The first-order chi connectivity index (χ1) is 12.9. The molecule has 0 aliphatic carbocycles. The predicted octanol–water partition coefficient (Wildman–Crippen LogP) is 6.05. The minimum absolute atomic E-state index is 0.0581. The number of alkyl halides is 3. The second-order valence-electron chi connectivity index (χ2n) is 5.66. The Bertz CT molecular complexity index is 884. The monoisotopic (exact) mass is 378 g/mol. The van der Waals surface area contributed by atoms with Gasteiger partial charge in [-0.1, -0.05) is 6.07 Å². The Kier molecular flexibility index (Phi) is 5.53. The number of rotatable bonds is 6. The molecule has 3 aromatic rings. The fraction of sp³-hybridized carbons (Fsp3) is 0.200. The topological polar surface area (TPSA) is 40.8 Å². The second-order valence-corrected chi connectivity index (χ2v) is 5.66. The molecule has 0 aliphatic rings. The standard InChI is InChI=1S/C20H17F3O4/c1-24-19(25-2)16-11-13(17-7-4-10-26-17)8-9-18(16)27-15-6-3-5-14(12-15)20(21,22)23/h3-12,19H,1-2H3. The van der Waals surface area contributed by atoms with Crippen molar-refractivity contribution >= 4 is 0 Å². The van der Waals surface area contributed by atoms with Crippen LogP contribution in [0.2, 0.25) is 0 Å². The van der Waals surface area contributed by atoms with Gasteiger partial charge in [0.15, 0.2) is 6.29 Å². The number of halogens is 3. The van der Waals surface area contributed by atoms with Crippen LogP contribution < -0.4 is 4.74 Å². The highest BCUT2D eigenvalue weighted by Crippen LogP contribution is 2.37. The van der Waals surface area contributed by atoms with Gasteiger partial charge in [0, 0.05) is 19.8 Å². The molecule has 0 bridgehead atoms. The van der Waals surface area contributed by atoms with Gasteiger partial charge in [-0.2, -0.15) is 13.2 Å². The molecule has 0 atom stereocenters. The van der Waals surface area contributed by atoms with Crippen LogP contribution in [0.4, 0.5) is 13.2 Å². The molecule has 0 saturated carbocycles. The third-order valence-electron chi connectivity index (χ3n) is 3.89. The zero-order valence-electron chi connectivity index (χ0n) is 14.6. The maximum atomic E-state index is 12.9. The largest absolute Gasteiger partial charge is 0.464 e. The Labute approximate surface area is 154 Å². The van der Waals surface area contributed by atoms with Crippen molar-refractivity contribution in [3.63, 3.8) is 0 Å². The van der Waals surface area contributed by atoms with Crippen molar-refractivity contribution in [2.75, 3.05) is 14.2 Å². The van der Waals surface area contributed by atoms with E-state index in [-0.39, 0.29) is 5.75 Å². The van der Waals surface area contributed by atoms with E-state index in [2.05, 4.69) is 0 Å². The average Bonchev–Trinajstić information content (AvgIpc) is 3.18. The van der Waals surface area contributed by atoms with E-state index in [1.54, 1.807) is 36.6 Å². The van der Waals surface area contributed by atoms with Crippen molar-refractivity contribution in [3.8, 4) is 22.8 Å². The van der Waals surface area contributed by atoms with Gasteiger partial charge in [-0.15, -0.1) is 0 Å². The molecule has 0 aliphatic heterocycles. The number of methoxy groups -OCH3 is 2. The van der Waals surface area contributed by atoms with Crippen LogP contribution in [0.25, 0.3) is 11.3 Å². The van der Waals surface area contributed by atoms with Gasteiger partial charge in [0.05, 0.1) is 17.4 Å². The number of hydrogen-bond donors (Lipinski definition) is 0. The fourth-order valence-corrected chi connectivity index (χ4v) is 2.63. The van der Waals surface area contributed by atoms with Gasteiger partial charge in [-0.25, -0.2) is 0 Å². The summed E-state index contributed by atoms with van der Waals surface area (Å²) in [7, 11) is 2.92. The van der Waals surface area contributed by atoms with E-state index in [0.717, 1.165) is 17.7 Å². The van der Waals surface area contributed by atoms with Crippen LogP contribution in [0.15, 0.2) is 65.3 Å². The van der Waals surface area contributed by atoms with Crippen molar-refractivity contribution in [1.82, 2.24) is 0 Å². The maximum absolute atomic E-state index is 12.9. The first kappa shape index (κ1) is 19.0. The number of furan rings is 1. The van der Waals surface area contributed by atoms with Gasteiger partial charge in [-0.05, 0) is 48.5 Å². The molecular formula is C20H17F3O4. The third kappa shape index (κ3) is 4.32. The van der Waals surface area contributed by atoms with Crippen LogP contribution in [0, 0.1) is 0 Å². The highest BCUT2D eigenvalue weighted by molar-refractivity contribution is 5.61. The summed E-state index contributed by atoms with van der Waals surface area (Å²) >= 11 is 0. The van der Waals surface area contributed by atoms with Crippen molar-refractivity contribution < 1.29 is 31.8 Å². The van der Waals surface area contributed by atoms with Crippen LogP contribution in [0.3, 0.4) is 0 Å². The number of benzene rings is 2. The van der Waals surface area contributed by atoms with Crippen LogP contribution >= 0.6 is 0 Å². The van der Waals surface area contributed by atoms with Gasteiger partial charge >= 0.3 is 6.18 Å². The Balaban J connectivity index is 1.99. The first-order valence-corrected chi connectivity index (χ1v) is 8.01. The molecule has 0 unspecified atom stereocenters. The summed E-state index contributed by atoms with van der Waals surface area (Å²) in [5, 5.41) is 0. The first-order valence-electron chi connectivity index (χ1n) is 8.01. The van der Waals surface area contributed by atoms with Crippen LogP contribution in [-0.4, -0.2) is 14.2 Å². The summed E-state index contributed by atoms with van der Waals surface area (Å²) in [5.41, 5.74) is 0.487. The Morgan fingerprint density at radius 1 is 0.926 bits per heavy atom. The highest BCUT2D eigenvalue weighted by Gasteiger charge is 2.30. The smallest absolute Gasteiger partial charge is 0.416 e. The SMILES string of the molecule is COC(OC)c1cc(-c2ccco2)ccc1Oc1cccc(C(F)(F)F)c1. The van der Waals surface area contributed by atoms with E-state index in [4.69, 9.17) is 18.6 Å². The van der Waals surface area contributed by atoms with E-state index in [1.807, 2.05) is 0 Å². The molecule has 0 spiro atoms. The summed E-state index contributed by atoms with van der Waals surface area (Å²) in [4.78, 5) is 0. The summed E-state index contributed by atoms with van der Waals surface area (Å²) in [6.07, 6.45) is -3.67. The van der Waals surface area contributed by atoms with Gasteiger partial charge in [0.25, 0.3) is 0 Å². The molecule has 1 aromatic heterocycles. The van der Waals surface area contributed by atoms with Crippen LogP contribution in [0.1, 0.15) is 17.4 Å². The lowest BCUT2D eigenvalue weighted by Gasteiger charge is -2.19. The minimum atomic E-state index is -4.45. The van der Waals surface area contributed by atoms with Gasteiger partial charge < -0.3 is 18.6 Å². The Morgan fingerprint density at radius 3 is 2.33 bits per heavy atom. The molecule has 27 heavy (non-hydrogen) atoms. The summed E-state index contributed by atoms with van der Waals surface area (Å²) in [6, 6.07) is 13.4. The third-order valence-corrected chi connectivity index (χ3v) is 3.89. The lowest BCUT2D eigenvalue weighted by Crippen LogP contribution is -2.07. The summed E-state index contributed by atoms with van der Waals surface area (Å²) in [5.74, 6) is 1.01. The van der Waals surface area contributed by atoms with E-state index >= 15 is 0 Å². The molecule has 142 valence electrons. The molecule has 4 nitrogen and oxygen atoms in total. The summed E-state index contributed by atoms with van der Waals surface area (Å²) in [6.45, 7) is 0. The Morgan fingerprint density at radius 2 is 1.70 bits per heavy atom. The lowest BCUT2D eigenvalue weighted by molar-refractivity contribution is -0.137.